The van der Waals surface area contributed by atoms with E-state index >= 15 is 0 Å². The summed E-state index contributed by atoms with van der Waals surface area (Å²) in [5, 5.41) is 2.15. The molecule has 0 aromatic carbocycles. The Hall–Kier alpha value is -0.810. The van der Waals surface area contributed by atoms with Crippen molar-refractivity contribution in [3.05, 3.63) is 29.6 Å². The fraction of sp³-hybridized carbons (Fsp3) is 0.632. The number of thioether (sulfide) groups is 2. The van der Waals surface area contributed by atoms with Gasteiger partial charge in [0.05, 0.1) is 23.5 Å². The molecule has 1 aromatic rings. The number of aromatic nitrogens is 1. The van der Waals surface area contributed by atoms with Crippen molar-refractivity contribution in [2.75, 3.05) is 11.5 Å². The van der Waals surface area contributed by atoms with Gasteiger partial charge >= 0.3 is 0 Å². The van der Waals surface area contributed by atoms with E-state index < -0.39 is 0 Å². The van der Waals surface area contributed by atoms with Gasteiger partial charge in [0.1, 0.15) is 10.1 Å². The molecule has 0 radical (unpaired) electrons. The first kappa shape index (κ1) is 18.0. The smallest absolute Gasteiger partial charge is 0.117 e. The minimum Gasteiger partial charge on any atom is -0.271 e. The lowest BCUT2D eigenvalue weighted by molar-refractivity contribution is 0.349. The lowest BCUT2D eigenvalue weighted by Gasteiger charge is -2.23. The highest BCUT2D eigenvalue weighted by Crippen LogP contribution is 2.35. The molecule has 0 fully saturated rings. The van der Waals surface area contributed by atoms with Gasteiger partial charge in [-0.2, -0.15) is 0 Å². The first-order valence-corrected chi connectivity index (χ1v) is 10.5. The first-order valence-electron chi connectivity index (χ1n) is 8.53. The van der Waals surface area contributed by atoms with Gasteiger partial charge in [-0.25, -0.2) is 4.98 Å². The van der Waals surface area contributed by atoms with Crippen LogP contribution in [0.4, 0.5) is 0 Å². The number of pyridine rings is 1. The maximum Gasteiger partial charge on any atom is 0.117 e. The summed E-state index contributed by atoms with van der Waals surface area (Å²) in [4.78, 5) is 14.7. The van der Waals surface area contributed by atoms with E-state index in [1.165, 1.54) is 0 Å². The average molecular weight is 362 g/mol. The molecule has 130 valence electrons. The summed E-state index contributed by atoms with van der Waals surface area (Å²) in [5.74, 6) is 2.10. The highest BCUT2D eigenvalue weighted by atomic mass is 32.2. The van der Waals surface area contributed by atoms with Gasteiger partial charge in [-0.05, 0) is 23.0 Å². The quantitative estimate of drug-likeness (QED) is 0.752. The second kappa shape index (κ2) is 6.49. The van der Waals surface area contributed by atoms with Crippen LogP contribution < -0.4 is 0 Å². The Morgan fingerprint density at radius 3 is 1.54 bits per heavy atom. The Balaban J connectivity index is 1.84. The summed E-state index contributed by atoms with van der Waals surface area (Å²) in [6.07, 6.45) is 0. The van der Waals surface area contributed by atoms with Gasteiger partial charge in [-0.1, -0.05) is 47.6 Å². The standard InChI is InChI=1S/C19H27N3S2/c1-18(2,3)14-10-23-16(21-14)12-8-7-9-13(20-12)17-22-15(11-24-17)19(4,5)6/h7-9,14-15H,10-11H2,1-6H3/t14-,15-/m1/s1. The van der Waals surface area contributed by atoms with Crippen LogP contribution in [0.1, 0.15) is 52.9 Å². The second-order valence-electron chi connectivity index (χ2n) is 8.66. The molecule has 2 aliphatic heterocycles. The fourth-order valence-electron chi connectivity index (χ4n) is 2.59. The van der Waals surface area contributed by atoms with Gasteiger partial charge in [0.2, 0.25) is 0 Å². The molecular formula is C19H27N3S2. The van der Waals surface area contributed by atoms with Gasteiger partial charge in [-0.3, -0.25) is 9.98 Å². The van der Waals surface area contributed by atoms with Crippen LogP contribution in [-0.4, -0.2) is 38.7 Å². The van der Waals surface area contributed by atoms with Crippen molar-refractivity contribution in [2.24, 2.45) is 20.8 Å². The van der Waals surface area contributed by atoms with E-state index in [1.54, 1.807) is 0 Å². The normalized spacial score (nSPS) is 24.9. The molecule has 0 amide bonds. The van der Waals surface area contributed by atoms with Crippen LogP contribution >= 0.6 is 23.5 Å². The minimum atomic E-state index is 0.206. The highest BCUT2D eigenvalue weighted by molar-refractivity contribution is 8.15. The average Bonchev–Trinajstić information content (AvgIpc) is 3.16. The van der Waals surface area contributed by atoms with E-state index in [-0.39, 0.29) is 10.8 Å². The predicted octanol–water partition coefficient (Wildman–Crippen LogP) is 4.90. The van der Waals surface area contributed by atoms with Gasteiger partial charge in [0.25, 0.3) is 0 Å². The maximum atomic E-state index is 4.92. The van der Waals surface area contributed by atoms with E-state index in [2.05, 4.69) is 59.7 Å². The first-order chi connectivity index (χ1) is 11.1. The van der Waals surface area contributed by atoms with Crippen molar-refractivity contribution in [2.45, 2.75) is 53.6 Å². The Morgan fingerprint density at radius 2 is 1.21 bits per heavy atom. The summed E-state index contributed by atoms with van der Waals surface area (Å²) in [6.45, 7) is 13.5. The van der Waals surface area contributed by atoms with Gasteiger partial charge < -0.3 is 0 Å². The van der Waals surface area contributed by atoms with Crippen LogP contribution in [0.5, 0.6) is 0 Å². The van der Waals surface area contributed by atoms with Gasteiger partial charge in [-0.15, -0.1) is 23.5 Å². The monoisotopic (exact) mass is 361 g/mol. The van der Waals surface area contributed by atoms with Crippen LogP contribution in [0.15, 0.2) is 28.2 Å². The lowest BCUT2D eigenvalue weighted by Crippen LogP contribution is -2.24. The molecule has 24 heavy (non-hydrogen) atoms. The maximum absolute atomic E-state index is 4.92. The van der Waals surface area contributed by atoms with Crippen LogP contribution in [0.25, 0.3) is 0 Å². The summed E-state index contributed by atoms with van der Waals surface area (Å²) in [5.41, 5.74) is 2.40. The van der Waals surface area contributed by atoms with Crippen molar-refractivity contribution in [1.29, 1.82) is 0 Å². The fourth-order valence-corrected chi connectivity index (χ4v) is 5.30. The molecule has 5 heteroatoms. The third-order valence-electron chi connectivity index (χ3n) is 4.49. The molecule has 0 spiro atoms. The highest BCUT2D eigenvalue weighted by Gasteiger charge is 2.32. The van der Waals surface area contributed by atoms with E-state index in [0.29, 0.717) is 12.1 Å². The number of nitrogens with zero attached hydrogens (tertiary/aromatic N) is 3. The molecule has 2 atom stereocenters. The molecule has 0 unspecified atom stereocenters. The zero-order valence-corrected chi connectivity index (χ0v) is 17.1. The van der Waals surface area contributed by atoms with E-state index in [9.17, 15) is 0 Å². The molecule has 0 saturated carbocycles. The largest absolute Gasteiger partial charge is 0.271 e. The van der Waals surface area contributed by atoms with Crippen LogP contribution in [0.2, 0.25) is 0 Å². The summed E-state index contributed by atoms with van der Waals surface area (Å²) >= 11 is 3.65. The summed E-state index contributed by atoms with van der Waals surface area (Å²) in [6, 6.07) is 6.96. The van der Waals surface area contributed by atoms with Crippen LogP contribution in [-0.2, 0) is 0 Å². The third kappa shape index (κ3) is 3.88. The molecular weight excluding hydrogens is 334 g/mol. The number of hydrogen-bond donors (Lipinski definition) is 0. The lowest BCUT2D eigenvalue weighted by atomic mass is 9.88. The molecule has 0 aliphatic carbocycles. The minimum absolute atomic E-state index is 0.206. The summed E-state index contributed by atoms with van der Waals surface area (Å²) < 4.78 is 0. The Bertz CT molecular complexity index is 625. The van der Waals surface area contributed by atoms with Gasteiger partial charge in [0, 0.05) is 11.5 Å². The Morgan fingerprint density at radius 1 is 0.792 bits per heavy atom. The zero-order valence-electron chi connectivity index (χ0n) is 15.5. The SMILES string of the molecule is CC(C)(C)[C@H]1CSC(c2cccc(C3=N[C@@H](C(C)(C)C)CS3)n2)=N1. The van der Waals surface area contributed by atoms with Crippen molar-refractivity contribution < 1.29 is 0 Å². The van der Waals surface area contributed by atoms with Crippen molar-refractivity contribution in [1.82, 2.24) is 4.98 Å². The number of hydrogen-bond acceptors (Lipinski definition) is 5. The van der Waals surface area contributed by atoms with E-state index in [1.807, 2.05) is 23.5 Å². The Kier molecular flexibility index (Phi) is 4.86. The van der Waals surface area contributed by atoms with E-state index in [0.717, 1.165) is 33.0 Å². The number of aliphatic imine (C=N–C) groups is 2. The van der Waals surface area contributed by atoms with E-state index in [4.69, 9.17) is 15.0 Å². The second-order valence-corrected chi connectivity index (χ2v) is 10.7. The molecule has 0 bridgehead atoms. The molecule has 0 saturated heterocycles. The van der Waals surface area contributed by atoms with Crippen LogP contribution in [0.3, 0.4) is 0 Å². The van der Waals surface area contributed by atoms with Gasteiger partial charge in [0.15, 0.2) is 0 Å². The third-order valence-corrected chi connectivity index (χ3v) is 6.63. The molecule has 1 aromatic heterocycles. The summed E-state index contributed by atoms with van der Waals surface area (Å²) in [7, 11) is 0. The molecule has 2 aliphatic rings. The van der Waals surface area contributed by atoms with Crippen LogP contribution in [0, 0.1) is 10.8 Å². The number of rotatable bonds is 2. The van der Waals surface area contributed by atoms with Crippen molar-refractivity contribution >= 4 is 33.6 Å². The Labute approximate surface area is 154 Å². The molecule has 0 N–H and O–H groups in total. The molecule has 3 rings (SSSR count). The topological polar surface area (TPSA) is 37.6 Å². The molecule has 3 heterocycles. The predicted molar refractivity (Wildman–Crippen MR) is 109 cm³/mol. The molecule has 3 nitrogen and oxygen atoms in total. The van der Waals surface area contributed by atoms with Crippen molar-refractivity contribution in [3.63, 3.8) is 0 Å². The zero-order chi connectivity index (χ0) is 17.5. The van der Waals surface area contributed by atoms with Crippen molar-refractivity contribution in [3.8, 4) is 0 Å².